The van der Waals surface area contributed by atoms with Gasteiger partial charge < -0.3 is 5.32 Å². The fourth-order valence-electron chi connectivity index (χ4n) is 3.91. The minimum absolute atomic E-state index is 0.154. The lowest BCUT2D eigenvalue weighted by Gasteiger charge is -2.15. The monoisotopic (exact) mass is 418 g/mol. The summed E-state index contributed by atoms with van der Waals surface area (Å²) < 4.78 is 16.7. The topological polar surface area (TPSA) is 115 Å². The molecule has 2 aliphatic carbocycles. The first kappa shape index (κ1) is 19.2. The highest BCUT2D eigenvalue weighted by Crippen LogP contribution is 2.41. The Hall–Kier alpha value is -2.10. The van der Waals surface area contributed by atoms with Crippen molar-refractivity contribution in [2.45, 2.75) is 56.1 Å². The molecule has 2 heterocycles. The van der Waals surface area contributed by atoms with Crippen molar-refractivity contribution in [3.05, 3.63) is 39.5 Å². The number of carbonyl (C=O) groups excluding carboxylic acids is 2. The van der Waals surface area contributed by atoms with Crippen LogP contribution in [0.3, 0.4) is 0 Å². The summed E-state index contributed by atoms with van der Waals surface area (Å²) in [5.74, 6) is 0.211. The summed E-state index contributed by atoms with van der Waals surface area (Å²) in [6.07, 6.45) is 4.64. The van der Waals surface area contributed by atoms with Crippen molar-refractivity contribution in [2.24, 2.45) is 9.50 Å². The summed E-state index contributed by atoms with van der Waals surface area (Å²) in [4.78, 5) is 28.9. The molecular formula is C19H22N4O3S2. The van der Waals surface area contributed by atoms with Crippen molar-refractivity contribution in [3.63, 3.8) is 0 Å². The number of nitrogens with one attached hydrogen (secondary N) is 1. The molecule has 0 fully saturated rings. The van der Waals surface area contributed by atoms with Crippen molar-refractivity contribution in [1.82, 2.24) is 4.98 Å². The standard InChI is InChI=1S/C19H22N4O3S2/c1-10-6-7-14-17(10)21-15-5-3-4-13(15)18(14)22-19(25)23-28(20,26)16-8-12(9-27-16)11(2)24/h8-10H,3-7H2,1-2H3,(H3,20,21,22,23,25,26)/t10-,28+/m1/s1. The maximum atomic E-state index is 12.8. The Morgan fingerprint density at radius 2 is 2.11 bits per heavy atom. The van der Waals surface area contributed by atoms with Gasteiger partial charge >= 0.3 is 6.03 Å². The normalized spacial score (nSPS) is 19.6. The van der Waals surface area contributed by atoms with Gasteiger partial charge in [-0.05, 0) is 62.1 Å². The number of nitrogens with zero attached hydrogens (tertiary/aromatic N) is 2. The molecule has 2 aromatic rings. The first-order valence-corrected chi connectivity index (χ1v) is 11.7. The minimum Gasteiger partial charge on any atom is -0.305 e. The number of hydrogen-bond donors (Lipinski definition) is 2. The fraction of sp³-hybridized carbons (Fsp3) is 0.421. The Balaban J connectivity index is 1.67. The van der Waals surface area contributed by atoms with E-state index in [0.29, 0.717) is 11.5 Å². The van der Waals surface area contributed by atoms with Crippen LogP contribution in [0.15, 0.2) is 20.0 Å². The van der Waals surface area contributed by atoms with Crippen LogP contribution in [0, 0.1) is 0 Å². The molecule has 0 aromatic carbocycles. The molecule has 0 spiro atoms. The molecule has 148 valence electrons. The molecule has 9 heteroatoms. The zero-order chi connectivity index (χ0) is 20.1. The predicted octanol–water partition coefficient (Wildman–Crippen LogP) is 3.82. The van der Waals surface area contributed by atoms with Gasteiger partial charge in [-0.2, -0.15) is 0 Å². The lowest BCUT2D eigenvalue weighted by molar-refractivity contribution is 0.101. The molecule has 7 nitrogen and oxygen atoms in total. The van der Waals surface area contributed by atoms with Crippen LogP contribution >= 0.6 is 11.3 Å². The van der Waals surface area contributed by atoms with Gasteiger partial charge in [0.05, 0.1) is 5.69 Å². The van der Waals surface area contributed by atoms with Crippen molar-refractivity contribution in [3.8, 4) is 0 Å². The van der Waals surface area contributed by atoms with Crippen LogP contribution in [0.5, 0.6) is 0 Å². The van der Waals surface area contributed by atoms with E-state index in [9.17, 15) is 13.8 Å². The number of carbonyl (C=O) groups is 2. The number of anilines is 1. The minimum atomic E-state index is -3.42. The number of hydrogen-bond acceptors (Lipinski definition) is 5. The summed E-state index contributed by atoms with van der Waals surface area (Å²) >= 11 is 1.07. The van der Waals surface area contributed by atoms with Crippen LogP contribution in [0.25, 0.3) is 0 Å². The molecule has 0 unspecified atom stereocenters. The Kier molecular flexibility index (Phi) is 4.84. The lowest BCUT2D eigenvalue weighted by atomic mass is 10.0. The molecule has 2 aromatic heterocycles. The van der Waals surface area contributed by atoms with E-state index in [1.54, 1.807) is 5.38 Å². The summed E-state index contributed by atoms with van der Waals surface area (Å²) in [6, 6.07) is 0.711. The molecule has 28 heavy (non-hydrogen) atoms. The second-order valence-corrected chi connectivity index (χ2v) is 10.3. The average molecular weight is 419 g/mol. The molecule has 2 atom stereocenters. The summed E-state index contributed by atoms with van der Waals surface area (Å²) in [7, 11) is -3.42. The van der Waals surface area contributed by atoms with E-state index in [1.165, 1.54) is 13.0 Å². The quantitative estimate of drug-likeness (QED) is 0.737. The molecule has 0 bridgehead atoms. The van der Waals surface area contributed by atoms with Crippen molar-refractivity contribution in [2.75, 3.05) is 5.32 Å². The first-order valence-electron chi connectivity index (χ1n) is 9.26. The number of Topliss-reactive ketones (excluding diaryl/α,β-unsaturated/α-hetero) is 1. The van der Waals surface area contributed by atoms with E-state index in [1.807, 2.05) is 0 Å². The second-order valence-electron chi connectivity index (χ2n) is 7.37. The van der Waals surface area contributed by atoms with Gasteiger partial charge in [0.25, 0.3) is 0 Å². The lowest BCUT2D eigenvalue weighted by Crippen LogP contribution is -2.18. The highest BCUT2D eigenvalue weighted by molar-refractivity contribution is 7.93. The third kappa shape index (κ3) is 3.38. The van der Waals surface area contributed by atoms with Gasteiger partial charge in [0.15, 0.2) is 15.7 Å². The van der Waals surface area contributed by atoms with E-state index >= 15 is 0 Å². The maximum absolute atomic E-state index is 12.8. The molecule has 4 rings (SSSR count). The van der Waals surface area contributed by atoms with Gasteiger partial charge in [0.2, 0.25) is 0 Å². The fourth-order valence-corrected chi connectivity index (χ4v) is 6.06. The number of rotatable bonds is 3. The van der Waals surface area contributed by atoms with Gasteiger partial charge in [0, 0.05) is 22.3 Å². The number of urea groups is 1. The number of aromatic nitrogens is 1. The van der Waals surface area contributed by atoms with E-state index in [4.69, 9.17) is 10.1 Å². The van der Waals surface area contributed by atoms with E-state index in [-0.39, 0.29) is 9.99 Å². The van der Waals surface area contributed by atoms with E-state index in [0.717, 1.165) is 71.6 Å². The third-order valence-corrected chi connectivity index (χ3v) is 8.23. The molecule has 0 aliphatic heterocycles. The highest BCUT2D eigenvalue weighted by atomic mass is 32.2. The van der Waals surface area contributed by atoms with Crippen molar-refractivity contribution >= 4 is 38.8 Å². The highest BCUT2D eigenvalue weighted by Gasteiger charge is 2.30. The number of thiophene rings is 1. The summed E-state index contributed by atoms with van der Waals surface area (Å²) in [5.41, 5.74) is 5.41. The molecule has 0 saturated heterocycles. The van der Waals surface area contributed by atoms with Crippen LogP contribution in [-0.4, -0.2) is 21.0 Å². The number of aryl methyl sites for hydroxylation is 1. The number of amides is 2. The van der Waals surface area contributed by atoms with Crippen LogP contribution in [0.2, 0.25) is 0 Å². The zero-order valence-corrected chi connectivity index (χ0v) is 17.4. The Morgan fingerprint density at radius 1 is 1.32 bits per heavy atom. The van der Waals surface area contributed by atoms with Crippen LogP contribution < -0.4 is 10.5 Å². The molecule has 0 saturated carbocycles. The molecule has 0 radical (unpaired) electrons. The largest absolute Gasteiger partial charge is 0.354 e. The molecular weight excluding hydrogens is 396 g/mol. The first-order chi connectivity index (χ1) is 13.3. The van der Waals surface area contributed by atoms with Crippen molar-refractivity contribution in [1.29, 1.82) is 0 Å². The van der Waals surface area contributed by atoms with Crippen molar-refractivity contribution < 1.29 is 13.8 Å². The SMILES string of the molecule is CC(=O)c1csc([S@@](N)(=O)=NC(=O)Nc2c3c(nc4c2CC[C@H]4C)CCC3)c1. The zero-order valence-electron chi connectivity index (χ0n) is 15.8. The van der Waals surface area contributed by atoms with Gasteiger partial charge in [-0.1, -0.05) is 6.92 Å². The van der Waals surface area contributed by atoms with Crippen LogP contribution in [-0.2, 0) is 29.2 Å². The Morgan fingerprint density at radius 3 is 2.82 bits per heavy atom. The van der Waals surface area contributed by atoms with E-state index < -0.39 is 15.9 Å². The van der Waals surface area contributed by atoms with Crippen LogP contribution in [0.1, 0.15) is 65.5 Å². The maximum Gasteiger partial charge on any atom is 0.354 e. The number of fused-ring (bicyclic) bond motifs is 2. The number of nitrogens with two attached hydrogens (primary N) is 1. The van der Waals surface area contributed by atoms with E-state index in [2.05, 4.69) is 16.6 Å². The second kappa shape index (κ2) is 7.06. The van der Waals surface area contributed by atoms with Gasteiger partial charge in [0.1, 0.15) is 4.21 Å². The van der Waals surface area contributed by atoms with Gasteiger partial charge in [-0.3, -0.25) is 9.78 Å². The Bertz CT molecular complexity index is 1110. The smallest absolute Gasteiger partial charge is 0.305 e. The number of ketones is 1. The average Bonchev–Trinajstić information content (AvgIpc) is 3.34. The molecule has 2 amide bonds. The van der Waals surface area contributed by atoms with Gasteiger partial charge in [-0.25, -0.2) is 14.1 Å². The van der Waals surface area contributed by atoms with Gasteiger partial charge in [-0.15, -0.1) is 15.7 Å². The number of pyridine rings is 1. The molecule has 3 N–H and O–H groups in total. The van der Waals surface area contributed by atoms with Crippen LogP contribution in [0.4, 0.5) is 10.5 Å². The third-order valence-electron chi connectivity index (χ3n) is 5.37. The summed E-state index contributed by atoms with van der Waals surface area (Å²) in [5, 5.41) is 10.3. The summed E-state index contributed by atoms with van der Waals surface area (Å²) in [6.45, 7) is 3.56. The molecule has 2 aliphatic rings. The Labute approximate surface area is 168 Å². The predicted molar refractivity (Wildman–Crippen MR) is 109 cm³/mol.